The second-order valence-corrected chi connectivity index (χ2v) is 12.7. The summed E-state index contributed by atoms with van der Waals surface area (Å²) in [7, 11) is -3.43. The summed E-state index contributed by atoms with van der Waals surface area (Å²) >= 11 is 0. The minimum Gasteiger partial charge on any atom is -0.390 e. The van der Waals surface area contributed by atoms with Crippen molar-refractivity contribution in [2.75, 3.05) is 34.9 Å². The van der Waals surface area contributed by atoms with Gasteiger partial charge in [0.15, 0.2) is 5.82 Å². The van der Waals surface area contributed by atoms with Crippen LogP contribution in [-0.4, -0.2) is 82.2 Å². The minimum absolute atomic E-state index is 0.0269. The molecule has 37 heavy (non-hydrogen) atoms. The molecule has 1 saturated heterocycles. The molecule has 10 nitrogen and oxygen atoms in total. The molecule has 0 saturated carbocycles. The van der Waals surface area contributed by atoms with Crippen molar-refractivity contribution in [3.05, 3.63) is 29.5 Å². The molecule has 3 aliphatic rings. The van der Waals surface area contributed by atoms with Crippen molar-refractivity contribution in [1.29, 1.82) is 0 Å². The predicted molar refractivity (Wildman–Crippen MR) is 136 cm³/mol. The van der Waals surface area contributed by atoms with E-state index < -0.39 is 45.6 Å². The lowest BCUT2D eigenvalue weighted by atomic mass is 9.90. The summed E-state index contributed by atoms with van der Waals surface area (Å²) in [6.07, 6.45) is 2.13. The summed E-state index contributed by atoms with van der Waals surface area (Å²) in [4.78, 5) is 10.3. The van der Waals surface area contributed by atoms with Crippen molar-refractivity contribution < 1.29 is 27.4 Å². The van der Waals surface area contributed by atoms with Gasteiger partial charge < -0.3 is 25.7 Å². The van der Waals surface area contributed by atoms with Crippen LogP contribution in [0.2, 0.25) is 0 Å². The Morgan fingerprint density at radius 3 is 2.62 bits per heavy atom. The van der Waals surface area contributed by atoms with Gasteiger partial charge in [0.1, 0.15) is 17.7 Å². The van der Waals surface area contributed by atoms with Crippen LogP contribution in [0.25, 0.3) is 11.3 Å². The molecule has 4 unspecified atom stereocenters. The molecule has 4 atom stereocenters. The van der Waals surface area contributed by atoms with Gasteiger partial charge in [0.25, 0.3) is 0 Å². The number of hydrogen-bond acceptors (Lipinski definition) is 9. The number of piperidine rings is 1. The number of halogens is 2. The largest absolute Gasteiger partial charge is 0.390 e. The average Bonchev–Trinajstić information content (AvgIpc) is 3.23. The zero-order valence-electron chi connectivity index (χ0n) is 21.2. The molecule has 202 valence electrons. The lowest BCUT2D eigenvalue weighted by molar-refractivity contribution is 0.0568. The van der Waals surface area contributed by atoms with Gasteiger partial charge in [-0.1, -0.05) is 0 Å². The molecule has 13 heteroatoms. The highest BCUT2D eigenvalue weighted by Crippen LogP contribution is 2.50. The van der Waals surface area contributed by atoms with E-state index in [0.717, 1.165) is 24.4 Å². The minimum atomic E-state index is -3.43. The Morgan fingerprint density at radius 2 is 1.97 bits per heavy atom. The predicted octanol–water partition coefficient (Wildman–Crippen LogP) is 1.89. The van der Waals surface area contributed by atoms with Crippen LogP contribution >= 0.6 is 0 Å². The third-order valence-corrected chi connectivity index (χ3v) is 8.73. The van der Waals surface area contributed by atoms with E-state index in [-0.39, 0.29) is 36.5 Å². The number of aliphatic hydroxyl groups is 2. The van der Waals surface area contributed by atoms with Crippen LogP contribution in [0.3, 0.4) is 0 Å². The SMILES string of the molecule is CC1CCc2c(-c3nc(NC4CCN(S(C)(=O)=O)CC4O)ncc3F)cc(F)c3c2N1C(C(C)(C)O)N3. The first-order chi connectivity index (χ1) is 17.3. The van der Waals surface area contributed by atoms with Gasteiger partial charge in [-0.25, -0.2) is 27.2 Å². The van der Waals surface area contributed by atoms with E-state index in [4.69, 9.17) is 0 Å². The standard InChI is InChI=1S/C24H32F2N6O4S/c1-12-5-6-13-14(9-15(25)20-21(13)32(12)22(29-20)24(2,3)34)19-16(26)10-27-23(30-19)28-17-7-8-31(11-18(17)33)37(4,35)36/h9-10,12,17-18,22,29,33-34H,5-8,11H2,1-4H3,(H,27,28,30). The lowest BCUT2D eigenvalue weighted by Gasteiger charge is -2.42. The van der Waals surface area contributed by atoms with E-state index in [0.29, 0.717) is 24.1 Å². The first-order valence-corrected chi connectivity index (χ1v) is 14.2. The van der Waals surface area contributed by atoms with Gasteiger partial charge in [-0.05, 0) is 51.7 Å². The van der Waals surface area contributed by atoms with Crippen molar-refractivity contribution in [3.63, 3.8) is 0 Å². The van der Waals surface area contributed by atoms with Crippen LogP contribution in [0.1, 0.15) is 39.2 Å². The molecule has 0 amide bonds. The Labute approximate surface area is 214 Å². The monoisotopic (exact) mass is 538 g/mol. The molecule has 2 aromatic rings. The van der Waals surface area contributed by atoms with E-state index in [2.05, 4.69) is 20.6 Å². The number of benzene rings is 1. The maximum Gasteiger partial charge on any atom is 0.223 e. The van der Waals surface area contributed by atoms with Gasteiger partial charge >= 0.3 is 0 Å². The summed E-state index contributed by atoms with van der Waals surface area (Å²) in [5.41, 5.74) is 0.696. The Kier molecular flexibility index (Phi) is 6.33. The summed E-state index contributed by atoms with van der Waals surface area (Å²) in [6.45, 7) is 5.47. The number of hydrogen-bond donors (Lipinski definition) is 4. The topological polar surface area (TPSA) is 131 Å². The molecule has 1 aromatic heterocycles. The van der Waals surface area contributed by atoms with Crippen molar-refractivity contribution in [2.24, 2.45) is 0 Å². The van der Waals surface area contributed by atoms with Crippen LogP contribution in [0.5, 0.6) is 0 Å². The summed E-state index contributed by atoms with van der Waals surface area (Å²) in [6, 6.07) is 0.745. The van der Waals surface area contributed by atoms with E-state index >= 15 is 8.78 Å². The van der Waals surface area contributed by atoms with Crippen LogP contribution < -0.4 is 15.5 Å². The van der Waals surface area contributed by atoms with Crippen LogP contribution in [0.4, 0.5) is 26.1 Å². The highest BCUT2D eigenvalue weighted by atomic mass is 32.2. The second-order valence-electron chi connectivity index (χ2n) is 10.7. The first kappa shape index (κ1) is 26.0. The molecule has 0 aliphatic carbocycles. The second kappa shape index (κ2) is 9.00. The van der Waals surface area contributed by atoms with E-state index in [1.54, 1.807) is 13.8 Å². The summed E-state index contributed by atoms with van der Waals surface area (Å²) < 4.78 is 55.3. The maximum absolute atomic E-state index is 15.4. The van der Waals surface area contributed by atoms with E-state index in [1.165, 1.54) is 10.4 Å². The number of aliphatic hydroxyl groups excluding tert-OH is 1. The molecule has 3 aliphatic heterocycles. The normalized spacial score (nSPS) is 26.1. The molecule has 0 spiro atoms. The number of rotatable bonds is 5. The molecular formula is C24H32F2N6O4S. The van der Waals surface area contributed by atoms with Gasteiger partial charge in [0.05, 0.1) is 41.6 Å². The smallest absolute Gasteiger partial charge is 0.223 e. The molecule has 0 radical (unpaired) electrons. The Hall–Kier alpha value is -2.61. The number of nitrogens with zero attached hydrogens (tertiary/aromatic N) is 4. The van der Waals surface area contributed by atoms with Crippen molar-refractivity contribution >= 4 is 27.3 Å². The molecule has 4 N–H and O–H groups in total. The van der Waals surface area contributed by atoms with Crippen molar-refractivity contribution in [3.8, 4) is 11.3 Å². The first-order valence-electron chi connectivity index (χ1n) is 12.3. The van der Waals surface area contributed by atoms with Gasteiger partial charge in [0, 0.05) is 24.7 Å². The van der Waals surface area contributed by atoms with Crippen LogP contribution in [0.15, 0.2) is 12.3 Å². The molecule has 1 aromatic carbocycles. The lowest BCUT2D eigenvalue weighted by Crippen LogP contribution is -2.55. The highest BCUT2D eigenvalue weighted by molar-refractivity contribution is 7.88. The van der Waals surface area contributed by atoms with Gasteiger partial charge in [-0.15, -0.1) is 0 Å². The van der Waals surface area contributed by atoms with Crippen molar-refractivity contribution in [1.82, 2.24) is 14.3 Å². The third-order valence-electron chi connectivity index (χ3n) is 7.46. The van der Waals surface area contributed by atoms with Crippen molar-refractivity contribution in [2.45, 2.75) is 70.0 Å². The Bertz CT molecular complexity index is 1340. The molecule has 1 fully saturated rings. The number of anilines is 3. The highest BCUT2D eigenvalue weighted by Gasteiger charge is 2.45. The van der Waals surface area contributed by atoms with Crippen LogP contribution in [0, 0.1) is 11.6 Å². The fraction of sp³-hybridized carbons (Fsp3) is 0.583. The quantitative estimate of drug-likeness (QED) is 0.451. The fourth-order valence-corrected chi connectivity index (χ4v) is 6.41. The average molecular weight is 539 g/mol. The molecule has 4 heterocycles. The number of nitrogens with one attached hydrogen (secondary N) is 2. The Balaban J connectivity index is 1.49. The molecular weight excluding hydrogens is 506 g/mol. The molecule has 5 rings (SSSR count). The summed E-state index contributed by atoms with van der Waals surface area (Å²) in [5.74, 6) is -1.24. The molecule has 0 bridgehead atoms. The van der Waals surface area contributed by atoms with Gasteiger partial charge in [-0.2, -0.15) is 4.31 Å². The number of sulfonamides is 1. The van der Waals surface area contributed by atoms with Gasteiger partial charge in [0.2, 0.25) is 16.0 Å². The van der Waals surface area contributed by atoms with Crippen LogP contribution in [-0.2, 0) is 16.4 Å². The van der Waals surface area contributed by atoms with Gasteiger partial charge in [-0.3, -0.25) is 0 Å². The number of β-amino-alcohol motifs (C(OH)–C–C–N with tert-alkyl or cyclic N) is 1. The van der Waals surface area contributed by atoms with E-state index in [9.17, 15) is 18.6 Å². The summed E-state index contributed by atoms with van der Waals surface area (Å²) in [5, 5.41) is 27.4. The zero-order chi connectivity index (χ0) is 26.9. The maximum atomic E-state index is 15.4. The fourth-order valence-electron chi connectivity index (χ4n) is 5.55. The van der Waals surface area contributed by atoms with E-state index in [1.807, 2.05) is 11.8 Å². The third kappa shape index (κ3) is 4.62. The Morgan fingerprint density at radius 1 is 1.24 bits per heavy atom. The number of aromatic nitrogens is 2. The zero-order valence-corrected chi connectivity index (χ0v) is 22.0.